The summed E-state index contributed by atoms with van der Waals surface area (Å²) in [4.78, 5) is 25.5. The van der Waals surface area contributed by atoms with Crippen LogP contribution in [0, 0.1) is 6.92 Å². The number of benzene rings is 2. The fraction of sp³-hybridized carbons (Fsp3) is 0.222. The molecule has 0 spiro atoms. The maximum atomic E-state index is 12.0. The number of hydrogen-bond acceptors (Lipinski definition) is 2. The highest BCUT2D eigenvalue weighted by Crippen LogP contribution is 2.24. The minimum absolute atomic E-state index is 0.108. The van der Waals surface area contributed by atoms with Crippen molar-refractivity contribution in [1.29, 1.82) is 0 Å². The van der Waals surface area contributed by atoms with Gasteiger partial charge in [0, 0.05) is 36.3 Å². The predicted octanol–water partition coefficient (Wildman–Crippen LogP) is 4.03. The Bertz CT molecular complexity index is 701. The highest BCUT2D eigenvalue weighted by molar-refractivity contribution is 6.30. The summed E-state index contributed by atoms with van der Waals surface area (Å²) in [7, 11) is 0. The Kier molecular flexibility index (Phi) is 5.77. The van der Waals surface area contributed by atoms with Crippen LogP contribution in [-0.4, -0.2) is 18.4 Å². The van der Waals surface area contributed by atoms with Crippen molar-refractivity contribution in [2.24, 2.45) is 0 Å². The molecular weight excluding hydrogens is 312 g/mol. The number of hydrogen-bond donors (Lipinski definition) is 1. The highest BCUT2D eigenvalue weighted by Gasteiger charge is 2.15. The van der Waals surface area contributed by atoms with Gasteiger partial charge in [0.1, 0.15) is 0 Å². The van der Waals surface area contributed by atoms with Crippen molar-refractivity contribution in [3.8, 4) is 0 Å². The van der Waals surface area contributed by atoms with Crippen molar-refractivity contribution in [2.45, 2.75) is 20.3 Å². The van der Waals surface area contributed by atoms with E-state index in [1.54, 1.807) is 23.1 Å². The Labute approximate surface area is 141 Å². The topological polar surface area (TPSA) is 49.4 Å². The second-order valence-corrected chi connectivity index (χ2v) is 5.70. The number of anilines is 2. The molecule has 0 heterocycles. The third-order valence-electron chi connectivity index (χ3n) is 3.45. The number of carbonyl (C=O) groups is 2. The number of nitrogens with one attached hydrogen (secondary N) is 1. The number of halogens is 1. The molecule has 2 aromatic carbocycles. The number of amides is 2. The predicted molar refractivity (Wildman–Crippen MR) is 93.9 cm³/mol. The fourth-order valence-corrected chi connectivity index (χ4v) is 2.55. The average molecular weight is 331 g/mol. The quantitative estimate of drug-likeness (QED) is 0.899. The molecule has 0 radical (unpaired) electrons. The van der Waals surface area contributed by atoms with Gasteiger partial charge in [0.2, 0.25) is 11.8 Å². The standard InChI is InChI=1S/C18H19ClN2O2/c1-13-12-15(19)8-9-17(13)21(14(2)22)11-10-18(23)20-16-6-4-3-5-7-16/h3-9,12H,10-11H2,1-2H3,(H,20,23). The molecule has 2 amide bonds. The lowest BCUT2D eigenvalue weighted by Gasteiger charge is -2.23. The second kappa shape index (κ2) is 7.79. The van der Waals surface area contributed by atoms with E-state index >= 15 is 0 Å². The first-order valence-corrected chi connectivity index (χ1v) is 7.74. The Hall–Kier alpha value is -2.33. The molecule has 5 heteroatoms. The van der Waals surface area contributed by atoms with Crippen LogP contribution in [0.1, 0.15) is 18.9 Å². The van der Waals surface area contributed by atoms with Gasteiger partial charge >= 0.3 is 0 Å². The number of nitrogens with zero attached hydrogens (tertiary/aromatic N) is 1. The van der Waals surface area contributed by atoms with Crippen molar-refractivity contribution in [3.63, 3.8) is 0 Å². The normalized spacial score (nSPS) is 10.2. The molecule has 0 saturated carbocycles. The molecule has 0 atom stereocenters. The van der Waals surface area contributed by atoms with Crippen molar-refractivity contribution < 1.29 is 9.59 Å². The number of para-hydroxylation sites is 1. The first-order chi connectivity index (χ1) is 11.0. The average Bonchev–Trinajstić information content (AvgIpc) is 2.50. The summed E-state index contributed by atoms with van der Waals surface area (Å²) in [6, 6.07) is 14.6. The van der Waals surface area contributed by atoms with Gasteiger partial charge in [-0.25, -0.2) is 0 Å². The van der Waals surface area contributed by atoms with E-state index in [4.69, 9.17) is 11.6 Å². The van der Waals surface area contributed by atoms with Gasteiger partial charge in [-0.3, -0.25) is 9.59 Å². The molecule has 1 N–H and O–H groups in total. The Morgan fingerprint density at radius 3 is 2.43 bits per heavy atom. The van der Waals surface area contributed by atoms with Crippen LogP contribution in [-0.2, 0) is 9.59 Å². The Morgan fingerprint density at radius 1 is 1.13 bits per heavy atom. The van der Waals surface area contributed by atoms with Gasteiger partial charge in [-0.05, 0) is 42.8 Å². The first kappa shape index (κ1) is 17.0. The van der Waals surface area contributed by atoms with E-state index in [9.17, 15) is 9.59 Å². The summed E-state index contributed by atoms with van der Waals surface area (Å²) in [5.41, 5.74) is 2.42. The molecular formula is C18H19ClN2O2. The van der Waals surface area contributed by atoms with Gasteiger partial charge in [0.25, 0.3) is 0 Å². The molecule has 0 aliphatic carbocycles. The number of rotatable bonds is 5. The molecule has 0 unspecified atom stereocenters. The number of carbonyl (C=O) groups excluding carboxylic acids is 2. The molecule has 0 fully saturated rings. The zero-order valence-corrected chi connectivity index (χ0v) is 13.9. The summed E-state index contributed by atoms with van der Waals surface area (Å²) in [5.74, 6) is -0.239. The minimum Gasteiger partial charge on any atom is -0.326 e. The van der Waals surface area contributed by atoms with Crippen LogP contribution < -0.4 is 10.2 Å². The summed E-state index contributed by atoms with van der Waals surface area (Å²) < 4.78 is 0. The van der Waals surface area contributed by atoms with Crippen LogP contribution in [0.15, 0.2) is 48.5 Å². The van der Waals surface area contributed by atoms with Crippen molar-refractivity contribution in [2.75, 3.05) is 16.8 Å². The van der Waals surface area contributed by atoms with E-state index < -0.39 is 0 Å². The largest absolute Gasteiger partial charge is 0.326 e. The monoisotopic (exact) mass is 330 g/mol. The Balaban J connectivity index is 2.03. The summed E-state index contributed by atoms with van der Waals surface area (Å²) >= 11 is 5.95. The van der Waals surface area contributed by atoms with Crippen LogP contribution in [0.5, 0.6) is 0 Å². The molecule has 0 aliphatic rings. The molecule has 0 aromatic heterocycles. The SMILES string of the molecule is CC(=O)N(CCC(=O)Nc1ccccc1)c1ccc(Cl)cc1C. The zero-order chi connectivity index (χ0) is 16.8. The van der Waals surface area contributed by atoms with Crippen LogP contribution in [0.3, 0.4) is 0 Å². The van der Waals surface area contributed by atoms with Gasteiger partial charge in [0.15, 0.2) is 0 Å². The molecule has 0 aliphatic heterocycles. The van der Waals surface area contributed by atoms with Crippen LogP contribution in [0.25, 0.3) is 0 Å². The smallest absolute Gasteiger partial charge is 0.226 e. The maximum absolute atomic E-state index is 12.0. The first-order valence-electron chi connectivity index (χ1n) is 7.36. The third kappa shape index (κ3) is 4.83. The van der Waals surface area contributed by atoms with E-state index in [1.165, 1.54) is 6.92 Å². The van der Waals surface area contributed by atoms with E-state index in [0.29, 0.717) is 11.6 Å². The molecule has 2 aromatic rings. The van der Waals surface area contributed by atoms with Gasteiger partial charge in [-0.2, -0.15) is 0 Å². The minimum atomic E-state index is -0.130. The summed E-state index contributed by atoms with van der Waals surface area (Å²) in [6.45, 7) is 3.70. The summed E-state index contributed by atoms with van der Waals surface area (Å²) in [6.07, 6.45) is 0.219. The highest BCUT2D eigenvalue weighted by atomic mass is 35.5. The summed E-state index contributed by atoms with van der Waals surface area (Å²) in [5, 5.41) is 3.44. The van der Waals surface area contributed by atoms with E-state index in [2.05, 4.69) is 5.32 Å². The van der Waals surface area contributed by atoms with Crippen LogP contribution >= 0.6 is 11.6 Å². The molecule has 23 heavy (non-hydrogen) atoms. The van der Waals surface area contributed by atoms with Crippen LogP contribution in [0.2, 0.25) is 5.02 Å². The molecule has 2 rings (SSSR count). The second-order valence-electron chi connectivity index (χ2n) is 5.27. The van der Waals surface area contributed by atoms with E-state index in [-0.39, 0.29) is 18.2 Å². The zero-order valence-electron chi connectivity index (χ0n) is 13.2. The van der Waals surface area contributed by atoms with Gasteiger partial charge in [-0.15, -0.1) is 0 Å². The Morgan fingerprint density at radius 2 is 1.83 bits per heavy atom. The maximum Gasteiger partial charge on any atom is 0.226 e. The van der Waals surface area contributed by atoms with Crippen molar-refractivity contribution in [1.82, 2.24) is 0 Å². The molecule has 0 bridgehead atoms. The number of aryl methyl sites for hydroxylation is 1. The van der Waals surface area contributed by atoms with Crippen molar-refractivity contribution in [3.05, 3.63) is 59.1 Å². The lowest BCUT2D eigenvalue weighted by Crippen LogP contribution is -2.32. The third-order valence-corrected chi connectivity index (χ3v) is 3.68. The molecule has 0 saturated heterocycles. The van der Waals surface area contributed by atoms with E-state index in [1.807, 2.05) is 37.3 Å². The van der Waals surface area contributed by atoms with E-state index in [0.717, 1.165) is 16.9 Å². The molecule has 120 valence electrons. The van der Waals surface area contributed by atoms with Gasteiger partial charge < -0.3 is 10.2 Å². The van der Waals surface area contributed by atoms with Gasteiger partial charge in [0.05, 0.1) is 0 Å². The fourth-order valence-electron chi connectivity index (χ4n) is 2.33. The lowest BCUT2D eigenvalue weighted by atomic mass is 10.1. The van der Waals surface area contributed by atoms with Crippen LogP contribution in [0.4, 0.5) is 11.4 Å². The lowest BCUT2D eigenvalue weighted by molar-refractivity contribution is -0.117. The molecule has 4 nitrogen and oxygen atoms in total. The van der Waals surface area contributed by atoms with Gasteiger partial charge in [-0.1, -0.05) is 29.8 Å². The van der Waals surface area contributed by atoms with Crippen molar-refractivity contribution >= 4 is 34.8 Å².